The van der Waals surface area contributed by atoms with Crippen LogP contribution in [-0.2, 0) is 4.74 Å². The van der Waals surface area contributed by atoms with Crippen LogP contribution in [0, 0.1) is 0 Å². The largest absolute Gasteiger partial charge is 0.444 e. The van der Waals surface area contributed by atoms with E-state index in [4.69, 9.17) is 4.74 Å². The third-order valence-corrected chi connectivity index (χ3v) is 3.03. The van der Waals surface area contributed by atoms with E-state index in [1.54, 1.807) is 0 Å². The molecule has 1 heterocycles. The van der Waals surface area contributed by atoms with Gasteiger partial charge in [0, 0.05) is 6.54 Å². The van der Waals surface area contributed by atoms with Gasteiger partial charge in [-0.25, -0.2) is 4.79 Å². The number of hydrogen-bond donors (Lipinski definition) is 0. The molecule has 0 saturated heterocycles. The quantitative estimate of drug-likeness (QED) is 0.629. The van der Waals surface area contributed by atoms with Crippen LogP contribution in [0.5, 0.6) is 0 Å². The molecule has 16 heavy (non-hydrogen) atoms. The lowest BCUT2D eigenvalue weighted by molar-refractivity contribution is 0.0239. The van der Waals surface area contributed by atoms with Crippen molar-refractivity contribution in [1.82, 2.24) is 4.90 Å². The summed E-state index contributed by atoms with van der Waals surface area (Å²) >= 11 is 0. The van der Waals surface area contributed by atoms with Crippen molar-refractivity contribution in [2.24, 2.45) is 0 Å². The minimum atomic E-state index is -0.417. The SMILES string of the molecule is CC1=C2C=CC[C@@H]1N(C(=O)OC(C)(C)C)C2. The van der Waals surface area contributed by atoms with Gasteiger partial charge < -0.3 is 4.74 Å². The van der Waals surface area contributed by atoms with Crippen molar-refractivity contribution in [1.29, 1.82) is 0 Å². The Balaban J connectivity index is 2.07. The fourth-order valence-electron chi connectivity index (χ4n) is 2.21. The topological polar surface area (TPSA) is 29.5 Å². The van der Waals surface area contributed by atoms with Crippen molar-refractivity contribution in [3.05, 3.63) is 23.3 Å². The maximum atomic E-state index is 12.0. The predicted octanol–water partition coefficient (Wildman–Crippen LogP) is 2.88. The summed E-state index contributed by atoms with van der Waals surface area (Å²) in [4.78, 5) is 13.8. The van der Waals surface area contributed by atoms with Gasteiger partial charge in [0.15, 0.2) is 0 Å². The van der Waals surface area contributed by atoms with Gasteiger partial charge in [-0.2, -0.15) is 0 Å². The third kappa shape index (κ3) is 1.99. The fraction of sp³-hybridized carbons (Fsp3) is 0.615. The third-order valence-electron chi connectivity index (χ3n) is 3.03. The molecule has 0 spiro atoms. The molecule has 2 rings (SSSR count). The standard InChI is InChI=1S/C13H19NO2/c1-9-10-6-5-7-11(9)14(8-10)12(15)16-13(2,3)4/h5-6,11H,7-8H2,1-4H3/t11-/m0/s1. The van der Waals surface area contributed by atoms with Crippen molar-refractivity contribution in [2.45, 2.75) is 45.8 Å². The van der Waals surface area contributed by atoms with Crippen LogP contribution in [0.2, 0.25) is 0 Å². The lowest BCUT2D eigenvalue weighted by Crippen LogP contribution is -2.40. The number of amides is 1. The second kappa shape index (κ2) is 3.65. The summed E-state index contributed by atoms with van der Waals surface area (Å²) < 4.78 is 5.41. The second-order valence-corrected chi connectivity index (χ2v) is 5.47. The number of carbonyl (C=O) groups excluding carboxylic acids is 1. The molecule has 0 aromatic carbocycles. The van der Waals surface area contributed by atoms with Gasteiger partial charge in [-0.05, 0) is 45.3 Å². The monoisotopic (exact) mass is 221 g/mol. The van der Waals surface area contributed by atoms with Gasteiger partial charge in [0.1, 0.15) is 5.60 Å². The van der Waals surface area contributed by atoms with E-state index in [1.807, 2.05) is 25.7 Å². The number of nitrogens with zero attached hydrogens (tertiary/aromatic N) is 1. The highest BCUT2D eigenvalue weighted by Gasteiger charge is 2.36. The zero-order valence-electron chi connectivity index (χ0n) is 10.4. The molecule has 0 fully saturated rings. The average Bonchev–Trinajstić information content (AvgIpc) is 2.35. The smallest absolute Gasteiger partial charge is 0.411 e. The van der Waals surface area contributed by atoms with E-state index in [-0.39, 0.29) is 12.1 Å². The summed E-state index contributed by atoms with van der Waals surface area (Å²) in [6.07, 6.45) is 4.97. The molecule has 1 aliphatic heterocycles. The summed E-state index contributed by atoms with van der Waals surface area (Å²) in [6, 6.07) is 0.217. The fourth-order valence-corrected chi connectivity index (χ4v) is 2.21. The Bertz CT molecular complexity index is 374. The molecule has 88 valence electrons. The molecule has 1 amide bonds. The Morgan fingerprint density at radius 3 is 2.75 bits per heavy atom. The summed E-state index contributed by atoms with van der Waals surface area (Å²) in [5.74, 6) is 0. The molecule has 0 aromatic heterocycles. The minimum absolute atomic E-state index is 0.199. The number of ether oxygens (including phenoxy) is 1. The highest BCUT2D eigenvalue weighted by Crippen LogP contribution is 2.32. The summed E-state index contributed by atoms with van der Waals surface area (Å²) in [5, 5.41) is 0. The molecule has 0 unspecified atom stereocenters. The van der Waals surface area contributed by atoms with Crippen LogP contribution in [0.3, 0.4) is 0 Å². The summed E-state index contributed by atoms with van der Waals surface area (Å²) in [5.41, 5.74) is 2.16. The zero-order chi connectivity index (χ0) is 11.9. The van der Waals surface area contributed by atoms with E-state index >= 15 is 0 Å². The van der Waals surface area contributed by atoms with Crippen LogP contribution in [0.1, 0.15) is 34.1 Å². The maximum Gasteiger partial charge on any atom is 0.411 e. The molecule has 3 nitrogen and oxygen atoms in total. The van der Waals surface area contributed by atoms with Gasteiger partial charge in [-0.15, -0.1) is 0 Å². The first kappa shape index (κ1) is 11.2. The number of hydrogen-bond acceptors (Lipinski definition) is 2. The molecule has 1 aliphatic carbocycles. The van der Waals surface area contributed by atoms with Crippen LogP contribution in [0.15, 0.2) is 23.3 Å². The Labute approximate surface area is 96.8 Å². The lowest BCUT2D eigenvalue weighted by atomic mass is 9.99. The first-order valence-electron chi connectivity index (χ1n) is 5.74. The van der Waals surface area contributed by atoms with Crippen LogP contribution in [0.4, 0.5) is 4.79 Å². The summed E-state index contributed by atoms with van der Waals surface area (Å²) in [7, 11) is 0. The van der Waals surface area contributed by atoms with Crippen molar-refractivity contribution in [3.8, 4) is 0 Å². The van der Waals surface area contributed by atoms with Gasteiger partial charge in [0.05, 0.1) is 6.04 Å². The van der Waals surface area contributed by atoms with Gasteiger partial charge in [0.2, 0.25) is 0 Å². The van der Waals surface area contributed by atoms with E-state index in [9.17, 15) is 4.79 Å². The number of rotatable bonds is 0. The van der Waals surface area contributed by atoms with Crippen LogP contribution >= 0.6 is 0 Å². The highest BCUT2D eigenvalue weighted by atomic mass is 16.6. The first-order chi connectivity index (χ1) is 7.38. The van der Waals surface area contributed by atoms with Crippen molar-refractivity contribution < 1.29 is 9.53 Å². The van der Waals surface area contributed by atoms with Gasteiger partial charge in [0.25, 0.3) is 0 Å². The Hall–Kier alpha value is -1.25. The lowest BCUT2D eigenvalue weighted by Gasteiger charge is -2.28. The predicted molar refractivity (Wildman–Crippen MR) is 63.2 cm³/mol. The molecular formula is C13H19NO2. The molecular weight excluding hydrogens is 202 g/mol. The molecule has 0 radical (unpaired) electrons. The van der Waals surface area contributed by atoms with E-state index in [0.717, 1.165) is 6.42 Å². The van der Waals surface area contributed by atoms with Gasteiger partial charge in [-0.1, -0.05) is 12.2 Å². The van der Waals surface area contributed by atoms with E-state index < -0.39 is 5.60 Å². The van der Waals surface area contributed by atoms with Crippen molar-refractivity contribution in [2.75, 3.05) is 6.54 Å². The second-order valence-electron chi connectivity index (χ2n) is 5.47. The molecule has 3 heteroatoms. The van der Waals surface area contributed by atoms with Crippen molar-refractivity contribution >= 4 is 6.09 Å². The molecule has 0 saturated carbocycles. The Kier molecular flexibility index (Phi) is 2.56. The maximum absolute atomic E-state index is 12.0. The van der Waals surface area contributed by atoms with E-state index in [1.165, 1.54) is 11.1 Å². The van der Waals surface area contributed by atoms with E-state index in [0.29, 0.717) is 6.54 Å². The van der Waals surface area contributed by atoms with Crippen molar-refractivity contribution in [3.63, 3.8) is 0 Å². The molecule has 2 bridgehead atoms. The molecule has 1 atom stereocenters. The van der Waals surface area contributed by atoms with Gasteiger partial charge >= 0.3 is 6.09 Å². The number of carbonyl (C=O) groups is 1. The van der Waals surface area contributed by atoms with Crippen LogP contribution in [-0.4, -0.2) is 29.2 Å². The average molecular weight is 221 g/mol. The zero-order valence-corrected chi connectivity index (χ0v) is 10.4. The van der Waals surface area contributed by atoms with Crippen LogP contribution in [0.25, 0.3) is 0 Å². The highest BCUT2D eigenvalue weighted by molar-refractivity contribution is 5.71. The molecule has 0 N–H and O–H groups in total. The number of fused-ring (bicyclic) bond motifs is 1. The van der Waals surface area contributed by atoms with Gasteiger partial charge in [-0.3, -0.25) is 4.90 Å². The molecule has 2 aliphatic rings. The normalized spacial score (nSPS) is 24.0. The van der Waals surface area contributed by atoms with E-state index in [2.05, 4.69) is 19.1 Å². The Morgan fingerprint density at radius 1 is 1.50 bits per heavy atom. The molecule has 0 aromatic rings. The Morgan fingerprint density at radius 2 is 2.19 bits per heavy atom. The van der Waals surface area contributed by atoms with Crippen LogP contribution < -0.4 is 0 Å². The minimum Gasteiger partial charge on any atom is -0.444 e. The summed E-state index contributed by atoms with van der Waals surface area (Å²) in [6.45, 7) is 8.50. The first-order valence-corrected chi connectivity index (χ1v) is 5.74.